The van der Waals surface area contributed by atoms with Crippen molar-refractivity contribution < 1.29 is 4.39 Å². The molecule has 0 aliphatic carbocycles. The van der Waals surface area contributed by atoms with Gasteiger partial charge in [0.1, 0.15) is 22.8 Å². The van der Waals surface area contributed by atoms with Gasteiger partial charge in [0.05, 0.1) is 5.39 Å². The van der Waals surface area contributed by atoms with Crippen LogP contribution in [0.2, 0.25) is 0 Å². The predicted octanol–water partition coefficient (Wildman–Crippen LogP) is 3.74. The molecule has 4 rings (SSSR count). The standard InChI is InChI=1S/C18H19FN4S2/c19-15-3-1-2-4-16(15)24-12-10-22-6-8-23(9-7-22)17-14-5-11-25-18(14)21-13-20-17/h1-5,11,13H,6-10,12H2. The molecule has 2 aromatic heterocycles. The number of hydrogen-bond acceptors (Lipinski definition) is 6. The molecule has 0 radical (unpaired) electrons. The van der Waals surface area contributed by atoms with Gasteiger partial charge >= 0.3 is 0 Å². The molecular weight excluding hydrogens is 355 g/mol. The Morgan fingerprint density at radius 1 is 1.08 bits per heavy atom. The molecule has 1 aliphatic rings. The van der Waals surface area contributed by atoms with Gasteiger partial charge in [-0.2, -0.15) is 0 Å². The highest BCUT2D eigenvalue weighted by Gasteiger charge is 2.20. The second-order valence-electron chi connectivity index (χ2n) is 5.94. The van der Waals surface area contributed by atoms with Crippen LogP contribution < -0.4 is 4.90 Å². The lowest BCUT2D eigenvalue weighted by molar-refractivity contribution is 0.273. The number of halogens is 1. The Bertz CT molecular complexity index is 846. The van der Waals surface area contributed by atoms with E-state index in [-0.39, 0.29) is 5.82 Å². The molecule has 3 aromatic rings. The Kier molecular flexibility index (Phi) is 5.14. The average Bonchev–Trinajstić information content (AvgIpc) is 3.13. The maximum Gasteiger partial charge on any atom is 0.140 e. The van der Waals surface area contributed by atoms with Crippen LogP contribution in [0.5, 0.6) is 0 Å². The summed E-state index contributed by atoms with van der Waals surface area (Å²) < 4.78 is 13.6. The summed E-state index contributed by atoms with van der Waals surface area (Å²) >= 11 is 3.25. The summed E-state index contributed by atoms with van der Waals surface area (Å²) in [6.45, 7) is 4.92. The third-order valence-corrected chi connectivity index (χ3v) is 6.26. The van der Waals surface area contributed by atoms with E-state index in [0.29, 0.717) is 0 Å². The van der Waals surface area contributed by atoms with Crippen LogP contribution in [-0.2, 0) is 0 Å². The van der Waals surface area contributed by atoms with Crippen LogP contribution in [0.4, 0.5) is 10.2 Å². The Morgan fingerprint density at radius 2 is 1.92 bits per heavy atom. The second kappa shape index (κ2) is 7.68. The van der Waals surface area contributed by atoms with Gasteiger partial charge < -0.3 is 4.90 Å². The molecule has 0 bridgehead atoms. The van der Waals surface area contributed by atoms with Crippen LogP contribution in [0.25, 0.3) is 10.2 Å². The number of thioether (sulfide) groups is 1. The highest BCUT2D eigenvalue weighted by molar-refractivity contribution is 7.99. The third-order valence-electron chi connectivity index (χ3n) is 4.41. The van der Waals surface area contributed by atoms with E-state index < -0.39 is 0 Å². The zero-order valence-corrected chi connectivity index (χ0v) is 15.4. The third kappa shape index (κ3) is 3.78. The molecular formula is C18H19FN4S2. The van der Waals surface area contributed by atoms with Gasteiger partial charge in [0, 0.05) is 43.4 Å². The van der Waals surface area contributed by atoms with Crippen LogP contribution in [0.15, 0.2) is 46.9 Å². The normalized spacial score (nSPS) is 15.8. The lowest BCUT2D eigenvalue weighted by atomic mass is 10.3. The van der Waals surface area contributed by atoms with Gasteiger partial charge in [-0.25, -0.2) is 14.4 Å². The SMILES string of the molecule is Fc1ccccc1SCCN1CCN(c2ncnc3sccc23)CC1. The predicted molar refractivity (Wildman–Crippen MR) is 103 cm³/mol. The van der Waals surface area contributed by atoms with Crippen LogP contribution in [0, 0.1) is 5.82 Å². The van der Waals surface area contributed by atoms with Crippen LogP contribution in [-0.4, -0.2) is 53.3 Å². The first-order chi connectivity index (χ1) is 12.3. The van der Waals surface area contributed by atoms with Gasteiger partial charge in [-0.05, 0) is 23.6 Å². The monoisotopic (exact) mass is 374 g/mol. The summed E-state index contributed by atoms with van der Waals surface area (Å²) in [5, 5.41) is 3.22. The lowest BCUT2D eigenvalue weighted by Crippen LogP contribution is -2.47. The van der Waals surface area contributed by atoms with Crippen molar-refractivity contribution in [2.24, 2.45) is 0 Å². The van der Waals surface area contributed by atoms with Crippen molar-refractivity contribution in [3.05, 3.63) is 47.9 Å². The summed E-state index contributed by atoms with van der Waals surface area (Å²) in [6, 6.07) is 9.09. The minimum Gasteiger partial charge on any atom is -0.353 e. The first-order valence-electron chi connectivity index (χ1n) is 8.34. The second-order valence-corrected chi connectivity index (χ2v) is 7.98. The molecule has 1 aromatic carbocycles. The van der Waals surface area contributed by atoms with Crippen LogP contribution in [0.1, 0.15) is 0 Å². The van der Waals surface area contributed by atoms with Crippen LogP contribution in [0.3, 0.4) is 0 Å². The summed E-state index contributed by atoms with van der Waals surface area (Å²) in [6.07, 6.45) is 1.66. The molecule has 0 unspecified atom stereocenters. The molecule has 0 saturated carbocycles. The minimum absolute atomic E-state index is 0.124. The van der Waals surface area contributed by atoms with Crippen molar-refractivity contribution in [1.82, 2.24) is 14.9 Å². The van der Waals surface area contributed by atoms with Gasteiger partial charge in [-0.15, -0.1) is 23.1 Å². The Labute approximate surface area is 154 Å². The fraction of sp³-hybridized carbons (Fsp3) is 0.333. The van der Waals surface area contributed by atoms with Gasteiger partial charge in [-0.1, -0.05) is 12.1 Å². The van der Waals surface area contributed by atoms with E-state index in [1.807, 2.05) is 12.1 Å². The molecule has 1 saturated heterocycles. The van der Waals surface area contributed by atoms with E-state index in [1.165, 1.54) is 6.07 Å². The zero-order chi connectivity index (χ0) is 17.1. The number of aromatic nitrogens is 2. The fourth-order valence-electron chi connectivity index (χ4n) is 3.06. The van der Waals surface area contributed by atoms with E-state index in [9.17, 15) is 4.39 Å². The van der Waals surface area contributed by atoms with Crippen molar-refractivity contribution in [2.45, 2.75) is 4.90 Å². The Balaban J connectivity index is 1.30. The lowest BCUT2D eigenvalue weighted by Gasteiger charge is -2.35. The Morgan fingerprint density at radius 3 is 2.76 bits per heavy atom. The van der Waals surface area contributed by atoms with Gasteiger partial charge in [0.25, 0.3) is 0 Å². The maximum atomic E-state index is 13.6. The number of nitrogens with zero attached hydrogens (tertiary/aromatic N) is 4. The molecule has 1 fully saturated rings. The fourth-order valence-corrected chi connectivity index (χ4v) is 4.74. The first-order valence-corrected chi connectivity index (χ1v) is 10.2. The van der Waals surface area contributed by atoms with Gasteiger partial charge in [-0.3, -0.25) is 4.90 Å². The van der Waals surface area contributed by atoms with E-state index >= 15 is 0 Å². The largest absolute Gasteiger partial charge is 0.353 e. The summed E-state index contributed by atoms with van der Waals surface area (Å²) in [7, 11) is 0. The molecule has 1 aliphatic heterocycles. The number of piperazine rings is 1. The van der Waals surface area contributed by atoms with Crippen molar-refractivity contribution in [1.29, 1.82) is 0 Å². The smallest absolute Gasteiger partial charge is 0.140 e. The van der Waals surface area contributed by atoms with Gasteiger partial charge in [0.2, 0.25) is 0 Å². The molecule has 25 heavy (non-hydrogen) atoms. The maximum absolute atomic E-state index is 13.6. The van der Waals surface area contributed by atoms with E-state index in [2.05, 4.69) is 31.2 Å². The topological polar surface area (TPSA) is 32.3 Å². The summed E-state index contributed by atoms with van der Waals surface area (Å²) in [4.78, 5) is 15.4. The van der Waals surface area contributed by atoms with E-state index in [4.69, 9.17) is 0 Å². The van der Waals surface area contributed by atoms with E-state index in [1.54, 1.807) is 35.5 Å². The highest BCUT2D eigenvalue weighted by atomic mass is 32.2. The summed E-state index contributed by atoms with van der Waals surface area (Å²) in [5.74, 6) is 1.83. The van der Waals surface area contributed by atoms with E-state index in [0.717, 1.165) is 59.4 Å². The summed E-state index contributed by atoms with van der Waals surface area (Å²) in [5.41, 5.74) is 0. The number of thiophene rings is 1. The number of hydrogen-bond donors (Lipinski definition) is 0. The Hall–Kier alpha value is -1.70. The average molecular weight is 375 g/mol. The number of benzene rings is 1. The molecule has 0 amide bonds. The number of rotatable bonds is 5. The first kappa shape index (κ1) is 16.8. The zero-order valence-electron chi connectivity index (χ0n) is 13.8. The van der Waals surface area contributed by atoms with Crippen LogP contribution >= 0.6 is 23.1 Å². The molecule has 0 spiro atoms. The number of fused-ring (bicyclic) bond motifs is 1. The minimum atomic E-state index is -0.124. The molecule has 4 nitrogen and oxygen atoms in total. The number of anilines is 1. The molecule has 3 heterocycles. The molecule has 0 atom stereocenters. The van der Waals surface area contributed by atoms with Gasteiger partial charge in [0.15, 0.2) is 0 Å². The van der Waals surface area contributed by atoms with Crippen molar-refractivity contribution in [3.63, 3.8) is 0 Å². The molecule has 0 N–H and O–H groups in total. The quantitative estimate of drug-likeness (QED) is 0.635. The van der Waals surface area contributed by atoms with Crippen molar-refractivity contribution >= 4 is 39.1 Å². The molecule has 130 valence electrons. The molecule has 7 heteroatoms. The van der Waals surface area contributed by atoms with Crippen molar-refractivity contribution in [3.8, 4) is 0 Å². The van der Waals surface area contributed by atoms with Crippen molar-refractivity contribution in [2.75, 3.05) is 43.4 Å². The highest BCUT2D eigenvalue weighted by Crippen LogP contribution is 2.27.